The van der Waals surface area contributed by atoms with Gasteiger partial charge in [-0.1, -0.05) is 12.1 Å². The third-order valence-corrected chi connectivity index (χ3v) is 5.03. The van der Waals surface area contributed by atoms with Gasteiger partial charge in [-0.2, -0.15) is 5.26 Å². The van der Waals surface area contributed by atoms with Gasteiger partial charge in [-0.25, -0.2) is 14.2 Å². The smallest absolute Gasteiger partial charge is 0.139 e. The lowest BCUT2D eigenvalue weighted by Gasteiger charge is -2.13. The summed E-state index contributed by atoms with van der Waals surface area (Å²) < 4.78 is 17.8. The number of anilines is 1. The molecule has 1 aromatic heterocycles. The first kappa shape index (κ1) is 19.6. The highest BCUT2D eigenvalue weighted by atomic mass is 32.2. The lowest BCUT2D eigenvalue weighted by Crippen LogP contribution is -2.12. The van der Waals surface area contributed by atoms with E-state index < -0.39 is 9.71 Å². The lowest BCUT2D eigenvalue weighted by atomic mass is 10.1. The summed E-state index contributed by atoms with van der Waals surface area (Å²) in [6.45, 7) is 4.21. The van der Waals surface area contributed by atoms with Crippen LogP contribution in [0.25, 0.3) is 10.9 Å². The second kappa shape index (κ2) is 7.84. The average molecular weight is 395 g/mol. The molecule has 0 aliphatic rings. The molecule has 3 N–H and O–H groups in total. The van der Waals surface area contributed by atoms with Gasteiger partial charge in [0.05, 0.1) is 20.8 Å². The third kappa shape index (κ3) is 4.39. The molecular formula is C20H21N5O2S. The van der Waals surface area contributed by atoms with Gasteiger partial charge in [-0.3, -0.25) is 5.14 Å². The van der Waals surface area contributed by atoms with E-state index in [0.717, 1.165) is 10.9 Å². The summed E-state index contributed by atoms with van der Waals surface area (Å²) >= 11 is 0. The highest BCUT2D eigenvalue weighted by Crippen LogP contribution is 2.29. The molecule has 0 aliphatic heterocycles. The van der Waals surface area contributed by atoms with Crippen molar-refractivity contribution in [3.63, 3.8) is 0 Å². The maximum absolute atomic E-state index is 11.9. The molecule has 0 amide bonds. The Balaban J connectivity index is 1.93. The topological polar surface area (TPSA) is 114 Å². The molecule has 0 fully saturated rings. The van der Waals surface area contributed by atoms with Gasteiger partial charge >= 0.3 is 0 Å². The molecule has 0 bridgehead atoms. The number of nitrogens with two attached hydrogens (primary N) is 1. The lowest BCUT2D eigenvalue weighted by molar-refractivity contribution is 0.305. The number of aromatic nitrogens is 2. The van der Waals surface area contributed by atoms with Crippen molar-refractivity contribution in [1.82, 2.24) is 9.97 Å². The molecule has 3 rings (SSSR count). The van der Waals surface area contributed by atoms with E-state index in [1.54, 1.807) is 30.3 Å². The summed E-state index contributed by atoms with van der Waals surface area (Å²) in [6.07, 6.45) is 1.47. The second-order valence-corrected chi connectivity index (χ2v) is 8.58. The number of nitrogens with zero attached hydrogens (tertiary/aromatic N) is 3. The van der Waals surface area contributed by atoms with Gasteiger partial charge in [-0.15, -0.1) is 0 Å². The Kier molecular flexibility index (Phi) is 5.49. The van der Waals surface area contributed by atoms with Crippen LogP contribution in [0.1, 0.15) is 25.0 Å². The largest absolute Gasteiger partial charge is 0.487 e. The fourth-order valence-electron chi connectivity index (χ4n) is 2.69. The fourth-order valence-corrected chi connectivity index (χ4v) is 3.35. The van der Waals surface area contributed by atoms with Crippen molar-refractivity contribution in [3.8, 4) is 11.8 Å². The van der Waals surface area contributed by atoms with E-state index in [0.29, 0.717) is 27.5 Å². The maximum atomic E-state index is 11.9. The highest BCUT2D eigenvalue weighted by molar-refractivity contribution is 7.98. The normalized spacial score (nSPS) is 13.1. The summed E-state index contributed by atoms with van der Waals surface area (Å²) in [7, 11) is -2.80. The van der Waals surface area contributed by atoms with Gasteiger partial charge < -0.3 is 10.1 Å². The molecule has 3 aromatic rings. The van der Waals surface area contributed by atoms with Crippen molar-refractivity contribution in [2.45, 2.75) is 31.4 Å². The summed E-state index contributed by atoms with van der Waals surface area (Å²) in [5.74, 6) is 4.58. The van der Waals surface area contributed by atoms with E-state index in [1.807, 2.05) is 19.9 Å². The van der Waals surface area contributed by atoms with Crippen LogP contribution >= 0.6 is 0 Å². The third-order valence-electron chi connectivity index (χ3n) is 3.97. The minimum absolute atomic E-state index is 0.186. The number of nitrogens with one attached hydrogen (secondary N) is 1. The number of nitriles is 1. The van der Waals surface area contributed by atoms with E-state index in [4.69, 9.17) is 9.88 Å². The minimum atomic E-state index is -2.80. The first-order chi connectivity index (χ1) is 13.3. The van der Waals surface area contributed by atoms with Crippen molar-refractivity contribution < 1.29 is 8.95 Å². The molecule has 2 aromatic carbocycles. The molecular weight excluding hydrogens is 374 g/mol. The van der Waals surface area contributed by atoms with Crippen molar-refractivity contribution in [2.75, 3.05) is 5.32 Å². The summed E-state index contributed by atoms with van der Waals surface area (Å²) in [4.78, 5) is 8.99. The number of ether oxygens (including phenoxy) is 1. The van der Waals surface area contributed by atoms with Crippen molar-refractivity contribution in [2.24, 2.45) is 5.14 Å². The summed E-state index contributed by atoms with van der Waals surface area (Å²) in [5.41, 5.74) is 1.82. The molecule has 0 saturated carbocycles. The quantitative estimate of drug-likeness (QED) is 0.620. The number of fused-ring (bicyclic) bond motifs is 1. The molecule has 0 saturated heterocycles. The minimum Gasteiger partial charge on any atom is -0.487 e. The zero-order valence-corrected chi connectivity index (χ0v) is 16.5. The van der Waals surface area contributed by atoms with Crippen molar-refractivity contribution in [3.05, 3.63) is 53.9 Å². The van der Waals surface area contributed by atoms with Gasteiger partial charge in [0.15, 0.2) is 0 Å². The Morgan fingerprint density at radius 3 is 2.79 bits per heavy atom. The molecule has 0 aliphatic carbocycles. The monoisotopic (exact) mass is 395 g/mol. The zero-order valence-electron chi connectivity index (χ0n) is 15.7. The van der Waals surface area contributed by atoms with Crippen LogP contribution in [-0.2, 0) is 16.3 Å². The first-order valence-corrected chi connectivity index (χ1v) is 10.4. The van der Waals surface area contributed by atoms with Crippen LogP contribution in [-0.4, -0.2) is 26.1 Å². The Morgan fingerprint density at radius 2 is 2.11 bits per heavy atom. The number of hydrogen-bond acceptors (Lipinski definition) is 6. The van der Waals surface area contributed by atoms with Gasteiger partial charge in [0.25, 0.3) is 0 Å². The number of hydrogen-bond donors (Lipinski definition) is 2. The molecule has 1 atom stereocenters. The molecule has 28 heavy (non-hydrogen) atoms. The van der Waals surface area contributed by atoms with Crippen LogP contribution in [0, 0.1) is 11.3 Å². The molecule has 144 valence electrons. The van der Waals surface area contributed by atoms with Crippen LogP contribution in [0.4, 0.5) is 5.82 Å². The first-order valence-electron chi connectivity index (χ1n) is 8.60. The predicted octanol–water partition coefficient (Wildman–Crippen LogP) is 2.85. The Hall–Kier alpha value is -3.15. The average Bonchev–Trinajstić information content (AvgIpc) is 2.65. The Bertz CT molecular complexity index is 1170. The summed E-state index contributed by atoms with van der Waals surface area (Å²) in [6, 6.07) is 12.7. The molecule has 7 nitrogen and oxygen atoms in total. The van der Waals surface area contributed by atoms with E-state index in [1.165, 1.54) is 6.33 Å². The molecule has 1 unspecified atom stereocenters. The van der Waals surface area contributed by atoms with Crippen molar-refractivity contribution in [1.29, 1.82) is 5.26 Å². The van der Waals surface area contributed by atoms with E-state index in [9.17, 15) is 9.47 Å². The van der Waals surface area contributed by atoms with Gasteiger partial charge in [-0.05, 0) is 43.5 Å². The fraction of sp³-hybridized carbons (Fsp3) is 0.200. The predicted molar refractivity (Wildman–Crippen MR) is 112 cm³/mol. The van der Waals surface area contributed by atoms with E-state index in [2.05, 4.69) is 27.2 Å². The van der Waals surface area contributed by atoms with Crippen LogP contribution in [0.2, 0.25) is 0 Å². The van der Waals surface area contributed by atoms with Crippen LogP contribution in [0.3, 0.4) is 0 Å². The van der Waals surface area contributed by atoms with Gasteiger partial charge in [0.1, 0.15) is 30.6 Å². The standard InChI is InChI=1S/C20H21N5O2S/c1-13(2)25-20-17-8-15(10-21)19(9-18(17)23-12-24-20)27-11-14-5-4-6-16(7-14)28(3,22)26/h4-9,12-13H,3,11H2,1-2H3,(H2,22,26)(H,23,24,25). The molecule has 8 heteroatoms. The second-order valence-electron chi connectivity index (χ2n) is 6.66. The van der Waals surface area contributed by atoms with Gasteiger partial charge in [0.2, 0.25) is 0 Å². The molecule has 0 spiro atoms. The van der Waals surface area contributed by atoms with Crippen LogP contribution < -0.4 is 15.2 Å². The molecule has 1 heterocycles. The Morgan fingerprint density at radius 1 is 1.32 bits per heavy atom. The number of benzene rings is 2. The van der Waals surface area contributed by atoms with Gasteiger partial charge in [0, 0.05) is 22.4 Å². The van der Waals surface area contributed by atoms with E-state index >= 15 is 0 Å². The SMILES string of the molecule is C=S(N)(=O)c1cccc(COc2cc3ncnc(NC(C)C)c3cc2C#N)c1. The van der Waals surface area contributed by atoms with Crippen molar-refractivity contribution >= 4 is 32.3 Å². The highest BCUT2D eigenvalue weighted by Gasteiger charge is 2.12. The van der Waals surface area contributed by atoms with E-state index in [-0.39, 0.29) is 12.6 Å². The number of rotatable bonds is 6. The summed E-state index contributed by atoms with van der Waals surface area (Å²) in [5, 5.41) is 19.1. The maximum Gasteiger partial charge on any atom is 0.139 e. The molecule has 0 radical (unpaired) electrons. The Labute approximate surface area is 164 Å². The van der Waals surface area contributed by atoms with Crippen LogP contribution in [0.5, 0.6) is 5.75 Å². The van der Waals surface area contributed by atoms with Crippen LogP contribution in [0.15, 0.2) is 47.6 Å². The zero-order chi connectivity index (χ0) is 20.3.